The number of aromatic carboxylic acids is 1. The second-order valence-electron chi connectivity index (χ2n) is 3.75. The minimum Gasteiger partial charge on any atom is -0.477 e. The summed E-state index contributed by atoms with van der Waals surface area (Å²) in [4.78, 5) is 9.76. The molecular weight excluding hydrogens is 308 g/mol. The summed E-state index contributed by atoms with van der Waals surface area (Å²) in [5.41, 5.74) is -1.35. The van der Waals surface area contributed by atoms with Gasteiger partial charge in [-0.1, -0.05) is 0 Å². The Morgan fingerprint density at radius 3 is 2.52 bits per heavy atom. The minimum absolute atomic E-state index is 0.196. The van der Waals surface area contributed by atoms with Crippen LogP contribution in [0.1, 0.15) is 10.4 Å². The van der Waals surface area contributed by atoms with Gasteiger partial charge in [0.1, 0.15) is 16.3 Å². The van der Waals surface area contributed by atoms with Crippen LogP contribution in [0.2, 0.25) is 0 Å². The molecule has 0 aliphatic heterocycles. The number of rotatable bonds is 4. The molecule has 7 nitrogen and oxygen atoms in total. The topological polar surface area (TPSA) is 109 Å². The fourth-order valence-corrected chi connectivity index (χ4v) is 2.56. The van der Waals surface area contributed by atoms with Crippen molar-refractivity contribution >= 4 is 21.8 Å². The van der Waals surface area contributed by atoms with E-state index in [2.05, 4.69) is 10.2 Å². The van der Waals surface area contributed by atoms with E-state index in [0.717, 1.165) is 0 Å². The third kappa shape index (κ3) is 2.94. The molecule has 0 fully saturated rings. The molecule has 1 heterocycles. The predicted molar refractivity (Wildman–Crippen MR) is 66.2 cm³/mol. The van der Waals surface area contributed by atoms with E-state index in [9.17, 15) is 22.0 Å². The Morgan fingerprint density at radius 1 is 1.24 bits per heavy atom. The van der Waals surface area contributed by atoms with Gasteiger partial charge in [-0.25, -0.2) is 22.0 Å². The van der Waals surface area contributed by atoms with E-state index in [1.165, 1.54) is 18.3 Å². The van der Waals surface area contributed by atoms with E-state index in [1.54, 1.807) is 0 Å². The first-order chi connectivity index (χ1) is 9.83. The number of carboxylic acids is 1. The third-order valence-corrected chi connectivity index (χ3v) is 3.74. The summed E-state index contributed by atoms with van der Waals surface area (Å²) in [6.07, 6.45) is 1.29. The van der Waals surface area contributed by atoms with Gasteiger partial charge in [0.15, 0.2) is 11.6 Å². The number of benzene rings is 1. The van der Waals surface area contributed by atoms with E-state index in [-0.39, 0.29) is 5.82 Å². The minimum atomic E-state index is -4.47. The van der Waals surface area contributed by atoms with Crippen LogP contribution < -0.4 is 4.72 Å². The lowest BCUT2D eigenvalue weighted by atomic mass is 10.2. The van der Waals surface area contributed by atoms with Crippen LogP contribution in [-0.2, 0) is 10.0 Å². The maximum atomic E-state index is 13.9. The molecule has 10 heteroatoms. The molecule has 0 atom stereocenters. The lowest BCUT2D eigenvalue weighted by Gasteiger charge is -2.09. The van der Waals surface area contributed by atoms with Crippen LogP contribution in [0.4, 0.5) is 14.6 Å². The quantitative estimate of drug-likeness (QED) is 0.879. The highest BCUT2D eigenvalue weighted by Crippen LogP contribution is 2.22. The molecule has 2 rings (SSSR count). The van der Waals surface area contributed by atoms with Crippen molar-refractivity contribution < 1.29 is 27.1 Å². The summed E-state index contributed by atoms with van der Waals surface area (Å²) in [5, 5.41) is 15.6. The van der Waals surface area contributed by atoms with Crippen molar-refractivity contribution in [3.05, 3.63) is 47.7 Å². The normalized spacial score (nSPS) is 11.1. The average Bonchev–Trinajstić information content (AvgIpc) is 2.38. The zero-order valence-corrected chi connectivity index (χ0v) is 10.9. The zero-order valence-electron chi connectivity index (χ0n) is 10.1. The Bertz CT molecular complexity index is 797. The Kier molecular flexibility index (Phi) is 3.80. The van der Waals surface area contributed by atoms with Crippen LogP contribution in [0.25, 0.3) is 0 Å². The van der Waals surface area contributed by atoms with Crippen LogP contribution in [0.5, 0.6) is 0 Å². The van der Waals surface area contributed by atoms with Crippen molar-refractivity contribution in [1.29, 1.82) is 0 Å². The van der Waals surface area contributed by atoms with Crippen LogP contribution >= 0.6 is 0 Å². The Morgan fingerprint density at radius 2 is 1.95 bits per heavy atom. The highest BCUT2D eigenvalue weighted by atomic mass is 32.2. The van der Waals surface area contributed by atoms with E-state index in [0.29, 0.717) is 12.1 Å². The molecule has 0 spiro atoms. The average molecular weight is 315 g/mol. The molecule has 21 heavy (non-hydrogen) atoms. The van der Waals surface area contributed by atoms with Gasteiger partial charge in [0.2, 0.25) is 0 Å². The first kappa shape index (κ1) is 14.8. The molecule has 2 N–H and O–H groups in total. The smallest absolute Gasteiger partial charge is 0.341 e. The summed E-state index contributed by atoms with van der Waals surface area (Å²) < 4.78 is 53.0. The van der Waals surface area contributed by atoms with Crippen molar-refractivity contribution in [3.63, 3.8) is 0 Å². The third-order valence-electron chi connectivity index (χ3n) is 2.37. The van der Waals surface area contributed by atoms with Gasteiger partial charge in [-0.15, -0.1) is 5.10 Å². The number of nitrogens with one attached hydrogen (secondary N) is 1. The molecule has 0 radical (unpaired) electrons. The SMILES string of the molecule is O=C(O)c1c(F)ccc(S(=O)(=O)Nc2cccnn2)c1F. The summed E-state index contributed by atoms with van der Waals surface area (Å²) >= 11 is 0. The van der Waals surface area contributed by atoms with E-state index < -0.39 is 38.1 Å². The summed E-state index contributed by atoms with van der Waals surface area (Å²) in [5.74, 6) is -5.18. The molecule has 110 valence electrons. The first-order valence-corrected chi connectivity index (χ1v) is 6.83. The number of hydrogen-bond acceptors (Lipinski definition) is 5. The molecule has 0 amide bonds. The van der Waals surface area contributed by atoms with Crippen LogP contribution in [0.3, 0.4) is 0 Å². The Hall–Kier alpha value is -2.62. The van der Waals surface area contributed by atoms with Crippen LogP contribution in [-0.4, -0.2) is 29.7 Å². The van der Waals surface area contributed by atoms with Crippen LogP contribution in [0.15, 0.2) is 35.4 Å². The highest BCUT2D eigenvalue weighted by molar-refractivity contribution is 7.92. The number of hydrogen-bond donors (Lipinski definition) is 2. The Balaban J connectivity index is 2.51. The largest absolute Gasteiger partial charge is 0.477 e. The standard InChI is InChI=1S/C11H7F2N3O4S/c12-6-3-4-7(10(13)9(6)11(17)18)21(19,20)16-8-2-1-5-14-15-8/h1-5H,(H,15,16)(H,17,18). The van der Waals surface area contributed by atoms with Gasteiger partial charge in [0, 0.05) is 6.20 Å². The van der Waals surface area contributed by atoms with Gasteiger partial charge < -0.3 is 5.11 Å². The number of halogens is 2. The monoisotopic (exact) mass is 315 g/mol. The highest BCUT2D eigenvalue weighted by Gasteiger charge is 2.27. The summed E-state index contributed by atoms with van der Waals surface area (Å²) in [6.45, 7) is 0. The zero-order chi connectivity index (χ0) is 15.6. The Labute approximate surface area is 117 Å². The van der Waals surface area contributed by atoms with Crippen molar-refractivity contribution in [3.8, 4) is 0 Å². The fraction of sp³-hybridized carbons (Fsp3) is 0. The van der Waals surface area contributed by atoms with Crippen molar-refractivity contribution in [1.82, 2.24) is 10.2 Å². The number of nitrogens with zero attached hydrogens (tertiary/aromatic N) is 2. The first-order valence-electron chi connectivity index (χ1n) is 5.35. The maximum absolute atomic E-state index is 13.9. The molecule has 2 aromatic rings. The molecule has 0 aliphatic rings. The van der Waals surface area contributed by atoms with E-state index in [4.69, 9.17) is 5.11 Å². The molecule has 1 aromatic carbocycles. The van der Waals surface area contributed by atoms with Gasteiger partial charge in [-0.05, 0) is 24.3 Å². The number of sulfonamides is 1. The van der Waals surface area contributed by atoms with E-state index in [1.807, 2.05) is 4.72 Å². The molecule has 0 bridgehead atoms. The summed E-state index contributed by atoms with van der Waals surface area (Å²) in [6, 6.07) is 3.81. The van der Waals surface area contributed by atoms with E-state index >= 15 is 0 Å². The van der Waals surface area contributed by atoms with Crippen LogP contribution in [0, 0.1) is 11.6 Å². The van der Waals surface area contributed by atoms with Crippen molar-refractivity contribution in [2.45, 2.75) is 4.90 Å². The molecule has 0 unspecified atom stereocenters. The summed E-state index contributed by atoms with van der Waals surface area (Å²) in [7, 11) is -4.47. The number of aromatic nitrogens is 2. The second kappa shape index (κ2) is 5.40. The maximum Gasteiger partial charge on any atom is 0.341 e. The van der Waals surface area contributed by atoms with Gasteiger partial charge in [-0.3, -0.25) is 4.72 Å². The van der Waals surface area contributed by atoms with Gasteiger partial charge in [0.25, 0.3) is 10.0 Å². The molecular formula is C11H7F2N3O4S. The fourth-order valence-electron chi connectivity index (χ4n) is 1.49. The second-order valence-corrected chi connectivity index (χ2v) is 5.40. The predicted octanol–water partition coefficient (Wildman–Crippen LogP) is 1.25. The van der Waals surface area contributed by atoms with Gasteiger partial charge >= 0.3 is 5.97 Å². The number of carboxylic acid groups (broad SMARTS) is 1. The van der Waals surface area contributed by atoms with Gasteiger partial charge in [-0.2, -0.15) is 5.10 Å². The number of carbonyl (C=O) groups is 1. The van der Waals surface area contributed by atoms with Crippen molar-refractivity contribution in [2.24, 2.45) is 0 Å². The lowest BCUT2D eigenvalue weighted by Crippen LogP contribution is -2.18. The lowest BCUT2D eigenvalue weighted by molar-refractivity contribution is 0.0685. The number of anilines is 1. The van der Waals surface area contributed by atoms with Gasteiger partial charge in [0.05, 0.1) is 0 Å². The molecule has 1 aromatic heterocycles. The molecule has 0 saturated heterocycles. The van der Waals surface area contributed by atoms with Crippen molar-refractivity contribution in [2.75, 3.05) is 4.72 Å². The molecule has 0 aliphatic carbocycles. The molecule has 0 saturated carbocycles.